The van der Waals surface area contributed by atoms with Gasteiger partial charge in [0.2, 0.25) is 5.91 Å². The minimum absolute atomic E-state index is 0.0653. The zero-order chi connectivity index (χ0) is 21.2. The van der Waals surface area contributed by atoms with Gasteiger partial charge in [0.15, 0.2) is 17.0 Å². The van der Waals surface area contributed by atoms with Gasteiger partial charge in [-0.05, 0) is 49.8 Å². The summed E-state index contributed by atoms with van der Waals surface area (Å²) in [6.45, 7) is 4.65. The lowest BCUT2D eigenvalue weighted by Gasteiger charge is -2.32. The summed E-state index contributed by atoms with van der Waals surface area (Å²) in [4.78, 5) is 29.4. The zero-order valence-corrected chi connectivity index (χ0v) is 18.2. The Labute approximate surface area is 182 Å². The molecule has 4 heterocycles. The monoisotopic (exact) mass is 418 g/mol. The maximum absolute atomic E-state index is 13.0. The van der Waals surface area contributed by atoms with Crippen molar-refractivity contribution < 1.29 is 4.79 Å². The normalized spacial score (nSPS) is 19.1. The SMILES string of the molecule is CCc1cccc(NC(=O)C2CCCN(c3ncnc4c3nc3n4CCCCC3)C2)c1. The van der Waals surface area contributed by atoms with Gasteiger partial charge in [-0.15, -0.1) is 0 Å². The van der Waals surface area contributed by atoms with Crippen LogP contribution in [-0.2, 0) is 24.2 Å². The standard InChI is InChI=1S/C24H30N6O/c1-2-17-8-6-10-19(14-17)27-24(31)18-9-7-12-29(15-18)22-21-23(26-16-25-22)30-13-5-3-4-11-20(30)28-21/h6,8,10,14,16,18H,2-5,7,9,11-13,15H2,1H3,(H,27,31). The molecule has 2 aliphatic heterocycles. The Balaban J connectivity index is 1.36. The van der Waals surface area contributed by atoms with Gasteiger partial charge in [0, 0.05) is 31.7 Å². The first-order valence-corrected chi connectivity index (χ1v) is 11.6. The molecule has 1 amide bonds. The number of fused-ring (bicyclic) bond motifs is 3. The highest BCUT2D eigenvalue weighted by molar-refractivity contribution is 5.93. The van der Waals surface area contributed by atoms with E-state index in [4.69, 9.17) is 4.98 Å². The van der Waals surface area contributed by atoms with E-state index in [1.807, 2.05) is 12.1 Å². The zero-order valence-electron chi connectivity index (χ0n) is 18.2. The van der Waals surface area contributed by atoms with Crippen LogP contribution in [0.4, 0.5) is 11.5 Å². The topological polar surface area (TPSA) is 75.9 Å². The summed E-state index contributed by atoms with van der Waals surface area (Å²) in [5, 5.41) is 3.12. The van der Waals surface area contributed by atoms with E-state index in [0.717, 1.165) is 67.3 Å². The third-order valence-electron chi connectivity index (χ3n) is 6.57. The summed E-state index contributed by atoms with van der Waals surface area (Å²) in [5.74, 6) is 2.01. The number of rotatable bonds is 4. The number of imidazole rings is 1. The second-order valence-corrected chi connectivity index (χ2v) is 8.69. The number of aryl methyl sites for hydroxylation is 3. The first-order valence-electron chi connectivity index (χ1n) is 11.6. The number of hydrogen-bond acceptors (Lipinski definition) is 5. The average Bonchev–Trinajstić information content (AvgIpc) is 3.00. The van der Waals surface area contributed by atoms with Crippen molar-refractivity contribution in [3.8, 4) is 0 Å². The number of carbonyl (C=O) groups is 1. The molecule has 0 spiro atoms. The van der Waals surface area contributed by atoms with Gasteiger partial charge >= 0.3 is 0 Å². The second-order valence-electron chi connectivity index (χ2n) is 8.69. The van der Waals surface area contributed by atoms with Gasteiger partial charge in [0.05, 0.1) is 5.92 Å². The molecule has 7 heteroatoms. The molecular formula is C24H30N6O. The molecule has 0 saturated carbocycles. The number of nitrogens with one attached hydrogen (secondary N) is 1. The highest BCUT2D eigenvalue weighted by Gasteiger charge is 2.29. The van der Waals surface area contributed by atoms with Crippen LogP contribution in [0.15, 0.2) is 30.6 Å². The van der Waals surface area contributed by atoms with Crippen molar-refractivity contribution in [2.45, 2.75) is 58.4 Å². The summed E-state index contributed by atoms with van der Waals surface area (Å²) in [6.07, 6.45) is 9.05. The van der Waals surface area contributed by atoms with Crippen LogP contribution in [0.3, 0.4) is 0 Å². The molecule has 1 atom stereocenters. The smallest absolute Gasteiger partial charge is 0.229 e. The van der Waals surface area contributed by atoms with Gasteiger partial charge in [0.25, 0.3) is 0 Å². The van der Waals surface area contributed by atoms with Crippen LogP contribution < -0.4 is 10.2 Å². The molecular weight excluding hydrogens is 388 g/mol. The van der Waals surface area contributed by atoms with Crippen LogP contribution in [-0.4, -0.2) is 38.5 Å². The first kappa shape index (κ1) is 20.0. The third kappa shape index (κ3) is 4.01. The number of nitrogens with zero attached hydrogens (tertiary/aromatic N) is 5. The van der Waals surface area contributed by atoms with Crippen molar-refractivity contribution in [3.05, 3.63) is 42.0 Å². The Morgan fingerprint density at radius 1 is 1.16 bits per heavy atom. The Morgan fingerprint density at radius 3 is 3.00 bits per heavy atom. The van der Waals surface area contributed by atoms with Gasteiger partial charge in [-0.25, -0.2) is 15.0 Å². The molecule has 0 aliphatic carbocycles. The summed E-state index contributed by atoms with van der Waals surface area (Å²) in [6, 6.07) is 8.11. The fraction of sp³-hybridized carbons (Fsp3) is 0.500. The van der Waals surface area contributed by atoms with Crippen molar-refractivity contribution in [1.82, 2.24) is 19.5 Å². The van der Waals surface area contributed by atoms with E-state index in [2.05, 4.69) is 43.8 Å². The highest BCUT2D eigenvalue weighted by atomic mass is 16.1. The van der Waals surface area contributed by atoms with E-state index in [9.17, 15) is 4.79 Å². The fourth-order valence-electron chi connectivity index (χ4n) is 4.85. The maximum atomic E-state index is 13.0. The lowest BCUT2D eigenvalue weighted by atomic mass is 9.97. The van der Waals surface area contributed by atoms with E-state index in [0.29, 0.717) is 6.54 Å². The Morgan fingerprint density at radius 2 is 2.10 bits per heavy atom. The van der Waals surface area contributed by atoms with Crippen LogP contribution >= 0.6 is 0 Å². The molecule has 1 N–H and O–H groups in total. The molecule has 7 nitrogen and oxygen atoms in total. The maximum Gasteiger partial charge on any atom is 0.229 e. The van der Waals surface area contributed by atoms with Gasteiger partial charge < -0.3 is 14.8 Å². The summed E-state index contributed by atoms with van der Waals surface area (Å²) in [5.41, 5.74) is 3.93. The lowest BCUT2D eigenvalue weighted by molar-refractivity contribution is -0.120. The number of aromatic nitrogens is 4. The number of anilines is 2. The number of benzene rings is 1. The summed E-state index contributed by atoms with van der Waals surface area (Å²) < 4.78 is 2.27. The summed E-state index contributed by atoms with van der Waals surface area (Å²) in [7, 11) is 0. The molecule has 5 rings (SSSR count). The largest absolute Gasteiger partial charge is 0.354 e. The predicted molar refractivity (Wildman–Crippen MR) is 122 cm³/mol. The quantitative estimate of drug-likeness (QED) is 0.694. The van der Waals surface area contributed by atoms with Gasteiger partial charge in [0.1, 0.15) is 12.2 Å². The summed E-state index contributed by atoms with van der Waals surface area (Å²) >= 11 is 0. The molecule has 0 radical (unpaired) electrons. The average molecular weight is 419 g/mol. The second kappa shape index (κ2) is 8.65. The molecule has 0 bridgehead atoms. The van der Waals surface area contributed by atoms with Crippen molar-refractivity contribution >= 4 is 28.6 Å². The Hall–Kier alpha value is -2.96. The Bertz CT molecular complexity index is 1090. The Kier molecular flexibility index (Phi) is 5.57. The molecule has 2 aromatic heterocycles. The van der Waals surface area contributed by atoms with Gasteiger partial charge in [-0.2, -0.15) is 0 Å². The third-order valence-corrected chi connectivity index (χ3v) is 6.57. The predicted octanol–water partition coefficient (Wildman–Crippen LogP) is 3.97. The van der Waals surface area contributed by atoms with Crippen molar-refractivity contribution in [1.29, 1.82) is 0 Å². The molecule has 1 aromatic carbocycles. The van der Waals surface area contributed by atoms with E-state index < -0.39 is 0 Å². The first-order chi connectivity index (χ1) is 15.2. The highest BCUT2D eigenvalue weighted by Crippen LogP contribution is 2.29. The molecule has 31 heavy (non-hydrogen) atoms. The van der Waals surface area contributed by atoms with E-state index >= 15 is 0 Å². The van der Waals surface area contributed by atoms with Crippen molar-refractivity contribution in [3.63, 3.8) is 0 Å². The van der Waals surface area contributed by atoms with Crippen molar-refractivity contribution in [2.24, 2.45) is 5.92 Å². The van der Waals surface area contributed by atoms with E-state index in [1.54, 1.807) is 6.33 Å². The van der Waals surface area contributed by atoms with Gasteiger partial charge in [-0.1, -0.05) is 25.5 Å². The molecule has 1 unspecified atom stereocenters. The molecule has 3 aromatic rings. The fourth-order valence-corrected chi connectivity index (χ4v) is 4.85. The van der Waals surface area contributed by atoms with E-state index in [-0.39, 0.29) is 11.8 Å². The van der Waals surface area contributed by atoms with Crippen LogP contribution in [0.5, 0.6) is 0 Å². The van der Waals surface area contributed by atoms with Crippen LogP contribution in [0.25, 0.3) is 11.2 Å². The molecule has 162 valence electrons. The van der Waals surface area contributed by atoms with Crippen LogP contribution in [0.2, 0.25) is 0 Å². The molecule has 1 saturated heterocycles. The molecule has 1 fully saturated rings. The number of hydrogen-bond donors (Lipinski definition) is 1. The van der Waals surface area contributed by atoms with Crippen molar-refractivity contribution in [2.75, 3.05) is 23.3 Å². The molecule has 2 aliphatic rings. The lowest BCUT2D eigenvalue weighted by Crippen LogP contribution is -2.41. The minimum atomic E-state index is -0.0653. The number of amides is 1. The minimum Gasteiger partial charge on any atom is -0.354 e. The van der Waals surface area contributed by atoms with Crippen LogP contribution in [0.1, 0.15) is 50.4 Å². The van der Waals surface area contributed by atoms with Crippen LogP contribution in [0, 0.1) is 5.92 Å². The van der Waals surface area contributed by atoms with E-state index in [1.165, 1.54) is 24.8 Å². The van der Waals surface area contributed by atoms with Gasteiger partial charge in [-0.3, -0.25) is 4.79 Å². The number of carbonyl (C=O) groups excluding carboxylic acids is 1. The number of piperidine rings is 1.